The largest absolute Gasteiger partial charge is 0.312 e. The smallest absolute Gasteiger partial charge is 0.0315 e. The van der Waals surface area contributed by atoms with Crippen molar-refractivity contribution in [3.8, 4) is 0 Å². The highest BCUT2D eigenvalue weighted by Crippen LogP contribution is 2.31. The standard InChI is InChI=1S/C15H23N3/c1-12-4-6-16-9-14(12)10-17-8-13-5-7-18(11-13)15-2-3-15/h4,6,9,13,15,17H,2-3,5,7-8,10-11H2,1H3. The summed E-state index contributed by atoms with van der Waals surface area (Å²) in [4.78, 5) is 6.87. The molecule has 2 heterocycles. The summed E-state index contributed by atoms with van der Waals surface area (Å²) in [6.07, 6.45) is 8.09. The summed E-state index contributed by atoms with van der Waals surface area (Å²) >= 11 is 0. The molecule has 1 aliphatic heterocycles. The lowest BCUT2D eigenvalue weighted by Gasteiger charge is -2.15. The molecule has 3 rings (SSSR count). The summed E-state index contributed by atoms with van der Waals surface area (Å²) in [7, 11) is 0. The Labute approximate surface area is 110 Å². The van der Waals surface area contributed by atoms with Gasteiger partial charge < -0.3 is 10.2 Å². The lowest BCUT2D eigenvalue weighted by atomic mass is 10.1. The van der Waals surface area contributed by atoms with Gasteiger partial charge in [-0.3, -0.25) is 4.98 Å². The van der Waals surface area contributed by atoms with Gasteiger partial charge >= 0.3 is 0 Å². The lowest BCUT2D eigenvalue weighted by Crippen LogP contribution is -2.27. The van der Waals surface area contributed by atoms with E-state index in [1.165, 1.54) is 43.5 Å². The number of nitrogens with one attached hydrogen (secondary N) is 1. The molecule has 1 saturated carbocycles. The highest BCUT2D eigenvalue weighted by atomic mass is 15.2. The Morgan fingerprint density at radius 1 is 1.39 bits per heavy atom. The molecule has 1 aliphatic carbocycles. The molecule has 0 radical (unpaired) electrons. The minimum absolute atomic E-state index is 0.850. The van der Waals surface area contributed by atoms with Crippen LogP contribution < -0.4 is 5.32 Å². The van der Waals surface area contributed by atoms with Crippen LogP contribution in [0.4, 0.5) is 0 Å². The second kappa shape index (κ2) is 5.37. The molecule has 98 valence electrons. The van der Waals surface area contributed by atoms with Crippen molar-refractivity contribution in [2.75, 3.05) is 19.6 Å². The average Bonchev–Trinajstić information content (AvgIpc) is 3.12. The Bertz CT molecular complexity index is 400. The van der Waals surface area contributed by atoms with Gasteiger partial charge in [0.1, 0.15) is 0 Å². The number of aryl methyl sites for hydroxylation is 1. The van der Waals surface area contributed by atoms with E-state index in [-0.39, 0.29) is 0 Å². The van der Waals surface area contributed by atoms with Gasteiger partial charge in [-0.2, -0.15) is 0 Å². The zero-order valence-electron chi connectivity index (χ0n) is 11.2. The van der Waals surface area contributed by atoms with Crippen molar-refractivity contribution in [2.24, 2.45) is 5.92 Å². The normalized spacial score (nSPS) is 24.6. The van der Waals surface area contributed by atoms with Gasteiger partial charge in [-0.25, -0.2) is 0 Å². The third-order valence-electron chi connectivity index (χ3n) is 4.28. The maximum Gasteiger partial charge on any atom is 0.0315 e. The SMILES string of the molecule is Cc1ccncc1CNCC1CCN(C2CC2)C1. The molecule has 18 heavy (non-hydrogen) atoms. The first kappa shape index (κ1) is 12.1. The van der Waals surface area contributed by atoms with E-state index in [4.69, 9.17) is 0 Å². The third kappa shape index (κ3) is 2.90. The van der Waals surface area contributed by atoms with Gasteiger partial charge in [0.05, 0.1) is 0 Å². The van der Waals surface area contributed by atoms with E-state index in [2.05, 4.69) is 28.2 Å². The van der Waals surface area contributed by atoms with E-state index in [9.17, 15) is 0 Å². The van der Waals surface area contributed by atoms with Crippen LogP contribution in [0, 0.1) is 12.8 Å². The molecule has 1 atom stereocenters. The molecule has 2 fully saturated rings. The third-order valence-corrected chi connectivity index (χ3v) is 4.28. The molecule has 1 aromatic heterocycles. The van der Waals surface area contributed by atoms with Crippen LogP contribution in [0.15, 0.2) is 18.5 Å². The molecular weight excluding hydrogens is 222 g/mol. The Morgan fingerprint density at radius 2 is 2.28 bits per heavy atom. The fourth-order valence-corrected chi connectivity index (χ4v) is 2.89. The van der Waals surface area contributed by atoms with Crippen molar-refractivity contribution >= 4 is 0 Å². The Morgan fingerprint density at radius 3 is 3.06 bits per heavy atom. The number of rotatable bonds is 5. The minimum Gasteiger partial charge on any atom is -0.312 e. The second-order valence-corrected chi connectivity index (χ2v) is 5.81. The number of hydrogen-bond acceptors (Lipinski definition) is 3. The fraction of sp³-hybridized carbons (Fsp3) is 0.667. The lowest BCUT2D eigenvalue weighted by molar-refractivity contribution is 0.312. The molecular formula is C15H23N3. The summed E-state index contributed by atoms with van der Waals surface area (Å²) in [5.74, 6) is 0.850. The maximum absolute atomic E-state index is 4.19. The van der Waals surface area contributed by atoms with Gasteiger partial charge in [0.2, 0.25) is 0 Å². The minimum atomic E-state index is 0.850. The van der Waals surface area contributed by atoms with Crippen molar-refractivity contribution < 1.29 is 0 Å². The number of nitrogens with zero attached hydrogens (tertiary/aromatic N) is 2. The van der Waals surface area contributed by atoms with E-state index >= 15 is 0 Å². The quantitative estimate of drug-likeness (QED) is 0.859. The molecule has 1 aromatic rings. The molecule has 0 spiro atoms. The van der Waals surface area contributed by atoms with Crippen LogP contribution in [-0.2, 0) is 6.54 Å². The zero-order chi connectivity index (χ0) is 12.4. The van der Waals surface area contributed by atoms with Crippen LogP contribution in [0.1, 0.15) is 30.4 Å². The number of aromatic nitrogens is 1. The fourth-order valence-electron chi connectivity index (χ4n) is 2.89. The van der Waals surface area contributed by atoms with Gasteiger partial charge in [-0.1, -0.05) is 0 Å². The Kier molecular flexibility index (Phi) is 3.62. The van der Waals surface area contributed by atoms with Crippen molar-refractivity contribution in [2.45, 2.75) is 38.8 Å². The Hall–Kier alpha value is -0.930. The van der Waals surface area contributed by atoms with Crippen LogP contribution in [0.3, 0.4) is 0 Å². The van der Waals surface area contributed by atoms with Crippen molar-refractivity contribution in [1.82, 2.24) is 15.2 Å². The van der Waals surface area contributed by atoms with Gasteiger partial charge in [0.25, 0.3) is 0 Å². The van der Waals surface area contributed by atoms with E-state index in [1.807, 2.05) is 12.4 Å². The van der Waals surface area contributed by atoms with E-state index in [0.29, 0.717) is 0 Å². The molecule has 0 bridgehead atoms. The van der Waals surface area contributed by atoms with Gasteiger partial charge in [0.15, 0.2) is 0 Å². The number of hydrogen-bond donors (Lipinski definition) is 1. The topological polar surface area (TPSA) is 28.2 Å². The summed E-state index contributed by atoms with van der Waals surface area (Å²) in [5.41, 5.74) is 2.66. The van der Waals surface area contributed by atoms with Crippen molar-refractivity contribution in [3.63, 3.8) is 0 Å². The Balaban J connectivity index is 1.41. The van der Waals surface area contributed by atoms with Gasteiger partial charge in [-0.05, 0) is 62.4 Å². The molecule has 1 saturated heterocycles. The highest BCUT2D eigenvalue weighted by molar-refractivity contribution is 5.20. The van der Waals surface area contributed by atoms with Crippen LogP contribution in [0.5, 0.6) is 0 Å². The number of pyridine rings is 1. The molecule has 0 amide bonds. The van der Waals surface area contributed by atoms with Gasteiger partial charge in [0, 0.05) is 31.5 Å². The van der Waals surface area contributed by atoms with Crippen LogP contribution in [-0.4, -0.2) is 35.6 Å². The summed E-state index contributed by atoms with van der Waals surface area (Å²) in [6, 6.07) is 3.03. The highest BCUT2D eigenvalue weighted by Gasteiger charge is 2.33. The first-order valence-electron chi connectivity index (χ1n) is 7.17. The molecule has 1 unspecified atom stereocenters. The van der Waals surface area contributed by atoms with Crippen LogP contribution >= 0.6 is 0 Å². The zero-order valence-corrected chi connectivity index (χ0v) is 11.2. The molecule has 1 N–H and O–H groups in total. The predicted molar refractivity (Wildman–Crippen MR) is 73.4 cm³/mol. The summed E-state index contributed by atoms with van der Waals surface area (Å²) in [6.45, 7) is 6.90. The molecule has 3 nitrogen and oxygen atoms in total. The van der Waals surface area contributed by atoms with Crippen molar-refractivity contribution in [3.05, 3.63) is 29.6 Å². The molecule has 3 heteroatoms. The number of likely N-dealkylation sites (tertiary alicyclic amines) is 1. The van der Waals surface area contributed by atoms with E-state index in [0.717, 1.165) is 25.0 Å². The monoisotopic (exact) mass is 245 g/mol. The average molecular weight is 245 g/mol. The van der Waals surface area contributed by atoms with E-state index < -0.39 is 0 Å². The second-order valence-electron chi connectivity index (χ2n) is 5.81. The van der Waals surface area contributed by atoms with Gasteiger partial charge in [-0.15, -0.1) is 0 Å². The van der Waals surface area contributed by atoms with E-state index in [1.54, 1.807) is 0 Å². The molecule has 2 aliphatic rings. The van der Waals surface area contributed by atoms with Crippen LogP contribution in [0.2, 0.25) is 0 Å². The first-order chi connectivity index (χ1) is 8.83. The summed E-state index contributed by atoms with van der Waals surface area (Å²) < 4.78 is 0. The first-order valence-corrected chi connectivity index (χ1v) is 7.17. The predicted octanol–water partition coefficient (Wildman–Crippen LogP) is 1.96. The van der Waals surface area contributed by atoms with Crippen molar-refractivity contribution in [1.29, 1.82) is 0 Å². The summed E-state index contributed by atoms with van der Waals surface area (Å²) in [5, 5.41) is 3.60. The maximum atomic E-state index is 4.19. The van der Waals surface area contributed by atoms with Crippen LogP contribution in [0.25, 0.3) is 0 Å². The molecule has 0 aromatic carbocycles.